The molecule has 2 aromatic rings. The fourth-order valence-electron chi connectivity index (χ4n) is 1.83. The van der Waals surface area contributed by atoms with Crippen LogP contribution in [0.3, 0.4) is 0 Å². The van der Waals surface area contributed by atoms with Gasteiger partial charge >= 0.3 is 5.97 Å². The number of hydrogen-bond acceptors (Lipinski definition) is 3. The average molecular weight is 256 g/mol. The Morgan fingerprint density at radius 1 is 1.00 bits per heavy atom. The molecule has 0 aromatic heterocycles. The van der Waals surface area contributed by atoms with E-state index in [1.807, 2.05) is 54.6 Å². The first-order valence-corrected chi connectivity index (χ1v) is 6.11. The van der Waals surface area contributed by atoms with E-state index in [2.05, 4.69) is 4.74 Å². The Bertz CT molecular complexity index is 549. The SMILES string of the molecule is COC(=O)[C@@H](C)Oc1ccccc1-c1ccccc1. The Morgan fingerprint density at radius 3 is 2.32 bits per heavy atom. The first-order chi connectivity index (χ1) is 9.22. The molecule has 1 atom stereocenters. The van der Waals surface area contributed by atoms with Gasteiger partial charge in [0.05, 0.1) is 7.11 Å². The summed E-state index contributed by atoms with van der Waals surface area (Å²) in [5.74, 6) is 0.287. The molecule has 0 aliphatic heterocycles. The lowest BCUT2D eigenvalue weighted by molar-refractivity contribution is -0.147. The van der Waals surface area contributed by atoms with E-state index in [0.717, 1.165) is 11.1 Å². The summed E-state index contributed by atoms with van der Waals surface area (Å²) in [7, 11) is 1.35. The quantitative estimate of drug-likeness (QED) is 0.787. The summed E-state index contributed by atoms with van der Waals surface area (Å²) < 4.78 is 10.3. The third-order valence-corrected chi connectivity index (χ3v) is 2.81. The molecule has 0 saturated carbocycles. The van der Waals surface area contributed by atoms with Gasteiger partial charge in [0.15, 0.2) is 6.10 Å². The van der Waals surface area contributed by atoms with E-state index in [0.29, 0.717) is 5.75 Å². The number of carbonyl (C=O) groups excluding carboxylic acids is 1. The minimum Gasteiger partial charge on any atom is -0.478 e. The molecular formula is C16H16O3. The molecule has 0 fully saturated rings. The lowest BCUT2D eigenvalue weighted by Crippen LogP contribution is -2.25. The molecule has 0 amide bonds. The number of esters is 1. The zero-order chi connectivity index (χ0) is 13.7. The Balaban J connectivity index is 2.30. The molecule has 0 aliphatic rings. The van der Waals surface area contributed by atoms with Gasteiger partial charge in [-0.05, 0) is 18.6 Å². The van der Waals surface area contributed by atoms with E-state index in [9.17, 15) is 4.79 Å². The van der Waals surface area contributed by atoms with Gasteiger partial charge in [-0.15, -0.1) is 0 Å². The second kappa shape index (κ2) is 6.05. The van der Waals surface area contributed by atoms with Gasteiger partial charge in [-0.2, -0.15) is 0 Å². The van der Waals surface area contributed by atoms with Gasteiger partial charge in [0, 0.05) is 5.56 Å². The first-order valence-electron chi connectivity index (χ1n) is 6.11. The Morgan fingerprint density at radius 2 is 1.63 bits per heavy atom. The van der Waals surface area contributed by atoms with Crippen LogP contribution in [0.4, 0.5) is 0 Å². The van der Waals surface area contributed by atoms with E-state index in [1.165, 1.54) is 7.11 Å². The van der Waals surface area contributed by atoms with Crippen molar-refractivity contribution in [2.24, 2.45) is 0 Å². The van der Waals surface area contributed by atoms with Crippen molar-refractivity contribution in [3.05, 3.63) is 54.6 Å². The van der Waals surface area contributed by atoms with Crippen molar-refractivity contribution in [2.45, 2.75) is 13.0 Å². The molecule has 0 bridgehead atoms. The fourth-order valence-corrected chi connectivity index (χ4v) is 1.83. The van der Waals surface area contributed by atoms with Gasteiger partial charge in [0.25, 0.3) is 0 Å². The third-order valence-electron chi connectivity index (χ3n) is 2.81. The zero-order valence-electron chi connectivity index (χ0n) is 11.0. The highest BCUT2D eigenvalue weighted by Gasteiger charge is 2.16. The molecule has 2 aromatic carbocycles. The van der Waals surface area contributed by atoms with Gasteiger partial charge < -0.3 is 9.47 Å². The number of para-hydroxylation sites is 1. The molecule has 0 unspecified atom stereocenters. The number of benzene rings is 2. The van der Waals surface area contributed by atoms with Crippen LogP contribution in [0.5, 0.6) is 5.75 Å². The van der Waals surface area contributed by atoms with Crippen LogP contribution in [-0.2, 0) is 9.53 Å². The van der Waals surface area contributed by atoms with Crippen molar-refractivity contribution in [3.8, 4) is 16.9 Å². The second-order valence-electron chi connectivity index (χ2n) is 4.15. The summed E-state index contributed by atoms with van der Waals surface area (Å²) in [6, 6.07) is 17.5. The Hall–Kier alpha value is -2.29. The zero-order valence-corrected chi connectivity index (χ0v) is 11.0. The van der Waals surface area contributed by atoms with E-state index < -0.39 is 6.10 Å². The maximum atomic E-state index is 11.4. The van der Waals surface area contributed by atoms with Gasteiger partial charge in [-0.1, -0.05) is 48.5 Å². The highest BCUT2D eigenvalue weighted by atomic mass is 16.6. The Labute approximate surface area is 112 Å². The summed E-state index contributed by atoms with van der Waals surface area (Å²) in [5, 5.41) is 0. The molecule has 0 saturated heterocycles. The molecule has 0 radical (unpaired) electrons. The number of rotatable bonds is 4. The smallest absolute Gasteiger partial charge is 0.346 e. The lowest BCUT2D eigenvalue weighted by Gasteiger charge is -2.15. The first kappa shape index (κ1) is 13.1. The van der Waals surface area contributed by atoms with Crippen LogP contribution in [0.1, 0.15) is 6.92 Å². The topological polar surface area (TPSA) is 35.5 Å². The molecular weight excluding hydrogens is 240 g/mol. The third kappa shape index (κ3) is 3.13. The van der Waals surface area contributed by atoms with Crippen molar-refractivity contribution in [2.75, 3.05) is 7.11 Å². The second-order valence-corrected chi connectivity index (χ2v) is 4.15. The summed E-state index contributed by atoms with van der Waals surface area (Å²) in [6.45, 7) is 1.67. The molecule has 0 N–H and O–H groups in total. The van der Waals surface area contributed by atoms with E-state index in [4.69, 9.17) is 4.74 Å². The van der Waals surface area contributed by atoms with E-state index >= 15 is 0 Å². The van der Waals surface area contributed by atoms with Crippen LogP contribution in [-0.4, -0.2) is 19.2 Å². The lowest BCUT2D eigenvalue weighted by atomic mass is 10.0. The minimum atomic E-state index is -0.630. The highest BCUT2D eigenvalue weighted by molar-refractivity contribution is 5.76. The van der Waals surface area contributed by atoms with Crippen LogP contribution < -0.4 is 4.74 Å². The van der Waals surface area contributed by atoms with Crippen LogP contribution in [0.2, 0.25) is 0 Å². The highest BCUT2D eigenvalue weighted by Crippen LogP contribution is 2.30. The molecule has 98 valence electrons. The molecule has 19 heavy (non-hydrogen) atoms. The largest absolute Gasteiger partial charge is 0.478 e. The van der Waals surface area contributed by atoms with Crippen molar-refractivity contribution >= 4 is 5.97 Å². The molecule has 3 heteroatoms. The molecule has 2 rings (SSSR count). The monoisotopic (exact) mass is 256 g/mol. The molecule has 0 heterocycles. The molecule has 0 spiro atoms. The summed E-state index contributed by atoms with van der Waals surface area (Å²) in [5.41, 5.74) is 2.01. The predicted octanol–water partition coefficient (Wildman–Crippen LogP) is 3.29. The molecule has 3 nitrogen and oxygen atoms in total. The predicted molar refractivity (Wildman–Crippen MR) is 74.0 cm³/mol. The number of hydrogen-bond donors (Lipinski definition) is 0. The maximum absolute atomic E-state index is 11.4. The van der Waals surface area contributed by atoms with Crippen LogP contribution in [0, 0.1) is 0 Å². The number of carbonyl (C=O) groups is 1. The van der Waals surface area contributed by atoms with Crippen LogP contribution >= 0.6 is 0 Å². The van der Waals surface area contributed by atoms with Crippen molar-refractivity contribution in [1.82, 2.24) is 0 Å². The minimum absolute atomic E-state index is 0.386. The van der Waals surface area contributed by atoms with Crippen LogP contribution in [0.25, 0.3) is 11.1 Å². The maximum Gasteiger partial charge on any atom is 0.346 e. The summed E-state index contributed by atoms with van der Waals surface area (Å²) in [6.07, 6.45) is -0.630. The summed E-state index contributed by atoms with van der Waals surface area (Å²) in [4.78, 5) is 11.4. The Kier molecular flexibility index (Phi) is 4.18. The van der Waals surface area contributed by atoms with Crippen molar-refractivity contribution < 1.29 is 14.3 Å². The van der Waals surface area contributed by atoms with Gasteiger partial charge in [-0.3, -0.25) is 0 Å². The van der Waals surface area contributed by atoms with E-state index in [-0.39, 0.29) is 5.97 Å². The average Bonchev–Trinajstić information content (AvgIpc) is 2.47. The summed E-state index contributed by atoms with van der Waals surface area (Å²) >= 11 is 0. The normalized spacial score (nSPS) is 11.7. The van der Waals surface area contributed by atoms with Crippen molar-refractivity contribution in [1.29, 1.82) is 0 Å². The number of methoxy groups -OCH3 is 1. The fraction of sp³-hybridized carbons (Fsp3) is 0.188. The van der Waals surface area contributed by atoms with Gasteiger partial charge in [0.1, 0.15) is 5.75 Å². The van der Waals surface area contributed by atoms with Gasteiger partial charge in [0.2, 0.25) is 0 Å². The van der Waals surface area contributed by atoms with Gasteiger partial charge in [-0.25, -0.2) is 4.79 Å². The number of ether oxygens (including phenoxy) is 2. The standard InChI is InChI=1S/C16H16O3/c1-12(16(17)18-2)19-15-11-7-6-10-14(15)13-8-4-3-5-9-13/h3-12H,1-2H3/t12-/m1/s1. The molecule has 0 aliphatic carbocycles. The van der Waals surface area contributed by atoms with Crippen molar-refractivity contribution in [3.63, 3.8) is 0 Å². The van der Waals surface area contributed by atoms with Crippen LogP contribution in [0.15, 0.2) is 54.6 Å². The van der Waals surface area contributed by atoms with E-state index in [1.54, 1.807) is 6.92 Å².